The lowest BCUT2D eigenvalue weighted by Crippen LogP contribution is -2.36. The van der Waals surface area contributed by atoms with Gasteiger partial charge in [0.15, 0.2) is 0 Å². The van der Waals surface area contributed by atoms with Crippen molar-refractivity contribution >= 4 is 28.3 Å². The molecule has 0 aliphatic heterocycles. The molecule has 3 rings (SSSR count). The Balaban J connectivity index is 1.62. The summed E-state index contributed by atoms with van der Waals surface area (Å²) in [6, 6.07) is 10.5. The first kappa shape index (κ1) is 20.0. The summed E-state index contributed by atoms with van der Waals surface area (Å²) in [4.78, 5) is 48.2. The van der Waals surface area contributed by atoms with Gasteiger partial charge in [0.25, 0.3) is 11.1 Å². The van der Waals surface area contributed by atoms with Crippen LogP contribution in [0.2, 0.25) is 0 Å². The molecule has 1 heterocycles. The normalized spacial score (nSPS) is 11.8. The van der Waals surface area contributed by atoms with Crippen molar-refractivity contribution in [3.8, 4) is 0 Å². The summed E-state index contributed by atoms with van der Waals surface area (Å²) < 4.78 is 13.2. The van der Waals surface area contributed by atoms with Gasteiger partial charge in [-0.25, -0.2) is 4.39 Å². The van der Waals surface area contributed by atoms with Gasteiger partial charge in [0.2, 0.25) is 11.8 Å². The van der Waals surface area contributed by atoms with Crippen molar-refractivity contribution in [2.24, 2.45) is 5.92 Å². The zero-order valence-corrected chi connectivity index (χ0v) is 15.5. The molecule has 2 aromatic carbocycles. The van der Waals surface area contributed by atoms with Crippen LogP contribution in [-0.4, -0.2) is 28.6 Å². The third-order valence-electron chi connectivity index (χ3n) is 4.40. The molecule has 0 aliphatic rings. The summed E-state index contributed by atoms with van der Waals surface area (Å²) >= 11 is 0. The highest BCUT2D eigenvalue weighted by atomic mass is 19.1. The summed E-state index contributed by atoms with van der Waals surface area (Å²) in [5.41, 5.74) is -0.197. The molecule has 1 aromatic heterocycles. The highest BCUT2D eigenvalue weighted by Crippen LogP contribution is 2.16. The van der Waals surface area contributed by atoms with E-state index in [2.05, 4.69) is 20.8 Å². The van der Waals surface area contributed by atoms with E-state index in [0.717, 1.165) is 0 Å². The Hall–Kier alpha value is -3.75. The largest absolute Gasteiger partial charge is 0.347 e. The van der Waals surface area contributed by atoms with Crippen LogP contribution in [0.1, 0.15) is 12.5 Å². The Bertz CT molecular complexity index is 1180. The first-order chi connectivity index (χ1) is 13.8. The summed E-state index contributed by atoms with van der Waals surface area (Å²) in [7, 11) is 0. The number of carbonyl (C=O) groups excluding carboxylic acids is 2. The van der Waals surface area contributed by atoms with E-state index >= 15 is 0 Å². The predicted octanol–water partition coefficient (Wildman–Crippen LogP) is 1.29. The molecule has 8 nitrogen and oxygen atoms in total. The highest BCUT2D eigenvalue weighted by Gasteiger charge is 2.16. The second-order valence-corrected chi connectivity index (χ2v) is 6.64. The second kappa shape index (κ2) is 8.51. The van der Waals surface area contributed by atoms with Crippen LogP contribution in [0.5, 0.6) is 0 Å². The Labute approximate surface area is 164 Å². The smallest absolute Gasteiger partial charge is 0.272 e. The zero-order valence-electron chi connectivity index (χ0n) is 15.5. The minimum Gasteiger partial charge on any atom is -0.347 e. The number of fused-ring (bicyclic) bond motifs is 1. The fraction of sp³-hybridized carbons (Fsp3) is 0.200. The molecule has 2 amide bonds. The molecule has 0 aliphatic carbocycles. The van der Waals surface area contributed by atoms with Gasteiger partial charge in [-0.1, -0.05) is 25.1 Å². The highest BCUT2D eigenvalue weighted by molar-refractivity contribution is 6.02. The monoisotopic (exact) mass is 398 g/mol. The Morgan fingerprint density at radius 3 is 2.55 bits per heavy atom. The van der Waals surface area contributed by atoms with Gasteiger partial charge >= 0.3 is 0 Å². The number of halogens is 1. The van der Waals surface area contributed by atoms with Crippen LogP contribution < -0.4 is 21.8 Å². The van der Waals surface area contributed by atoms with Crippen molar-refractivity contribution in [2.75, 3.05) is 11.9 Å². The minimum atomic E-state index is -0.553. The number of carbonyl (C=O) groups is 2. The van der Waals surface area contributed by atoms with Gasteiger partial charge in [0.1, 0.15) is 5.82 Å². The topological polar surface area (TPSA) is 124 Å². The van der Waals surface area contributed by atoms with E-state index in [1.54, 1.807) is 19.1 Å². The molecule has 3 aromatic rings. The molecule has 0 spiro atoms. The van der Waals surface area contributed by atoms with E-state index in [4.69, 9.17) is 0 Å². The molecular formula is C20H19FN4O4. The number of H-pyrrole nitrogens is 2. The van der Waals surface area contributed by atoms with Crippen LogP contribution >= 0.6 is 0 Å². The van der Waals surface area contributed by atoms with Crippen LogP contribution in [0, 0.1) is 11.7 Å². The summed E-state index contributed by atoms with van der Waals surface area (Å²) in [6.07, 6.45) is 0.326. The van der Waals surface area contributed by atoms with E-state index in [-0.39, 0.29) is 34.7 Å². The lowest BCUT2D eigenvalue weighted by molar-refractivity contribution is -0.126. The lowest BCUT2D eigenvalue weighted by atomic mass is 10.0. The van der Waals surface area contributed by atoms with Crippen molar-refractivity contribution in [1.82, 2.24) is 15.5 Å². The Morgan fingerprint density at radius 2 is 1.79 bits per heavy atom. The summed E-state index contributed by atoms with van der Waals surface area (Å²) in [6.45, 7) is 1.36. The van der Waals surface area contributed by atoms with Gasteiger partial charge in [-0.05, 0) is 36.2 Å². The standard InChI is InChI=1S/C20H19FN4O4/c1-11(8-12-4-2-5-13(21)9-12)18(27)22-10-16(26)23-15-7-3-6-14-17(15)20(29)25-24-19(14)28/h2-7,9,11H,8,10H2,1H3,(H,22,27)(H,23,26)(H,24,28)(H,25,29). The number of benzene rings is 2. The van der Waals surface area contributed by atoms with Gasteiger partial charge in [-0.2, -0.15) is 0 Å². The molecule has 29 heavy (non-hydrogen) atoms. The predicted molar refractivity (Wildman–Crippen MR) is 106 cm³/mol. The van der Waals surface area contributed by atoms with Gasteiger partial charge in [-0.15, -0.1) is 0 Å². The minimum absolute atomic E-state index is 0.0513. The van der Waals surface area contributed by atoms with Gasteiger partial charge < -0.3 is 10.6 Å². The molecular weight excluding hydrogens is 379 g/mol. The molecule has 0 bridgehead atoms. The molecule has 0 fully saturated rings. The van der Waals surface area contributed by atoms with Crippen molar-refractivity contribution in [2.45, 2.75) is 13.3 Å². The molecule has 150 valence electrons. The number of hydrogen-bond acceptors (Lipinski definition) is 4. The average molecular weight is 398 g/mol. The number of rotatable bonds is 6. The van der Waals surface area contributed by atoms with Crippen LogP contribution in [0.3, 0.4) is 0 Å². The maximum absolute atomic E-state index is 13.2. The molecule has 0 saturated heterocycles. The third-order valence-corrected chi connectivity index (χ3v) is 4.40. The van der Waals surface area contributed by atoms with Crippen LogP contribution in [0.15, 0.2) is 52.1 Å². The zero-order chi connectivity index (χ0) is 21.0. The van der Waals surface area contributed by atoms with Crippen molar-refractivity contribution in [3.05, 3.63) is 74.6 Å². The molecule has 0 radical (unpaired) electrons. The maximum atomic E-state index is 13.2. The summed E-state index contributed by atoms with van der Waals surface area (Å²) in [5.74, 6) is -1.76. The number of amides is 2. The lowest BCUT2D eigenvalue weighted by Gasteiger charge is -2.13. The Morgan fingerprint density at radius 1 is 1.07 bits per heavy atom. The number of anilines is 1. The van der Waals surface area contributed by atoms with E-state index in [9.17, 15) is 23.6 Å². The van der Waals surface area contributed by atoms with E-state index in [1.807, 2.05) is 0 Å². The van der Waals surface area contributed by atoms with Crippen LogP contribution in [0.4, 0.5) is 10.1 Å². The average Bonchev–Trinajstić information content (AvgIpc) is 2.69. The molecule has 4 N–H and O–H groups in total. The fourth-order valence-electron chi connectivity index (χ4n) is 2.98. The van der Waals surface area contributed by atoms with Gasteiger partial charge in [0.05, 0.1) is 23.0 Å². The number of aromatic nitrogens is 2. The fourth-order valence-corrected chi connectivity index (χ4v) is 2.98. The second-order valence-electron chi connectivity index (χ2n) is 6.64. The van der Waals surface area contributed by atoms with Gasteiger partial charge in [0, 0.05) is 5.92 Å². The van der Waals surface area contributed by atoms with E-state index in [0.29, 0.717) is 12.0 Å². The number of hydrogen-bond donors (Lipinski definition) is 4. The van der Waals surface area contributed by atoms with Crippen molar-refractivity contribution in [1.29, 1.82) is 0 Å². The molecule has 0 saturated carbocycles. The van der Waals surface area contributed by atoms with Crippen molar-refractivity contribution in [3.63, 3.8) is 0 Å². The SMILES string of the molecule is CC(Cc1cccc(F)c1)C(=O)NCC(=O)Nc1cccc2c(=O)[nH][nH]c(=O)c12. The molecule has 9 heteroatoms. The van der Waals surface area contributed by atoms with E-state index < -0.39 is 22.9 Å². The third kappa shape index (κ3) is 4.75. The first-order valence-corrected chi connectivity index (χ1v) is 8.91. The molecule has 1 unspecified atom stereocenters. The number of aromatic amines is 2. The van der Waals surface area contributed by atoms with Crippen LogP contribution in [0.25, 0.3) is 10.8 Å². The number of nitrogens with one attached hydrogen (secondary N) is 4. The summed E-state index contributed by atoms with van der Waals surface area (Å²) in [5, 5.41) is 9.65. The first-order valence-electron chi connectivity index (χ1n) is 8.91. The van der Waals surface area contributed by atoms with E-state index in [1.165, 1.54) is 30.3 Å². The maximum Gasteiger partial charge on any atom is 0.272 e. The molecule has 1 atom stereocenters. The van der Waals surface area contributed by atoms with Gasteiger partial charge in [-0.3, -0.25) is 29.4 Å². The van der Waals surface area contributed by atoms with Crippen molar-refractivity contribution < 1.29 is 14.0 Å². The van der Waals surface area contributed by atoms with Crippen LogP contribution in [-0.2, 0) is 16.0 Å². The Kier molecular flexibility index (Phi) is 5.87. The quantitative estimate of drug-likeness (QED) is 0.499.